The number of rotatable bonds is 6. The van der Waals surface area contributed by atoms with Crippen LogP contribution in [0.5, 0.6) is 11.5 Å². The lowest BCUT2D eigenvalue weighted by Crippen LogP contribution is -2.35. The van der Waals surface area contributed by atoms with Gasteiger partial charge in [0.2, 0.25) is 0 Å². The van der Waals surface area contributed by atoms with Crippen LogP contribution in [0.4, 0.5) is 5.69 Å². The van der Waals surface area contributed by atoms with Crippen LogP contribution >= 0.6 is 0 Å². The number of aliphatic imine (C=N–C) groups is 1. The number of carbonyl (C=O) groups is 1. The standard InChI is InChI=1S/C16H20N2O6S/c1-22-14-8-12-13(9-15(14)23-6-7-24-25(2,20)21)17-10-11-4-3-5-18(11)16(12)19/h8-11H,3-7H2,1-2H3/t11-/m1/s1. The highest BCUT2D eigenvalue weighted by Gasteiger charge is 2.32. The Bertz CT molecular complexity index is 805. The number of nitrogens with zero attached hydrogens (tertiary/aromatic N) is 2. The van der Waals surface area contributed by atoms with Crippen molar-refractivity contribution in [3.05, 3.63) is 17.7 Å². The van der Waals surface area contributed by atoms with Gasteiger partial charge in [0.25, 0.3) is 16.0 Å². The van der Waals surface area contributed by atoms with Crippen molar-refractivity contribution in [3.8, 4) is 11.5 Å². The van der Waals surface area contributed by atoms with Gasteiger partial charge in [-0.1, -0.05) is 0 Å². The van der Waals surface area contributed by atoms with Crippen molar-refractivity contribution < 1.29 is 26.9 Å². The first kappa shape index (κ1) is 17.7. The fourth-order valence-electron chi connectivity index (χ4n) is 2.96. The van der Waals surface area contributed by atoms with Crippen molar-refractivity contribution in [3.63, 3.8) is 0 Å². The van der Waals surface area contributed by atoms with E-state index in [9.17, 15) is 13.2 Å². The molecule has 25 heavy (non-hydrogen) atoms. The lowest BCUT2D eigenvalue weighted by atomic mass is 10.1. The molecule has 2 heterocycles. The molecule has 0 bridgehead atoms. The zero-order valence-electron chi connectivity index (χ0n) is 14.1. The van der Waals surface area contributed by atoms with Gasteiger partial charge < -0.3 is 14.4 Å². The van der Waals surface area contributed by atoms with E-state index >= 15 is 0 Å². The smallest absolute Gasteiger partial charge is 0.264 e. The van der Waals surface area contributed by atoms with Gasteiger partial charge in [-0.2, -0.15) is 8.42 Å². The van der Waals surface area contributed by atoms with Gasteiger partial charge in [0.15, 0.2) is 11.5 Å². The van der Waals surface area contributed by atoms with Gasteiger partial charge in [-0.15, -0.1) is 0 Å². The summed E-state index contributed by atoms with van der Waals surface area (Å²) in [5, 5.41) is 0. The minimum atomic E-state index is -3.51. The van der Waals surface area contributed by atoms with E-state index in [1.54, 1.807) is 18.3 Å². The topological polar surface area (TPSA) is 94.5 Å². The molecule has 8 nitrogen and oxygen atoms in total. The van der Waals surface area contributed by atoms with Crippen molar-refractivity contribution in [1.29, 1.82) is 0 Å². The van der Waals surface area contributed by atoms with Gasteiger partial charge in [0, 0.05) is 18.8 Å². The van der Waals surface area contributed by atoms with Crippen molar-refractivity contribution in [2.24, 2.45) is 4.99 Å². The Morgan fingerprint density at radius 3 is 2.80 bits per heavy atom. The van der Waals surface area contributed by atoms with Crippen LogP contribution in [0.2, 0.25) is 0 Å². The van der Waals surface area contributed by atoms with Crippen LogP contribution < -0.4 is 9.47 Å². The van der Waals surface area contributed by atoms with Gasteiger partial charge in [0.05, 0.1) is 30.7 Å². The summed E-state index contributed by atoms with van der Waals surface area (Å²) in [6.07, 6.45) is 4.64. The zero-order valence-corrected chi connectivity index (χ0v) is 14.9. The van der Waals surface area contributed by atoms with E-state index in [4.69, 9.17) is 9.47 Å². The number of hydrogen-bond donors (Lipinski definition) is 0. The maximum atomic E-state index is 12.7. The monoisotopic (exact) mass is 368 g/mol. The minimum Gasteiger partial charge on any atom is -0.493 e. The Morgan fingerprint density at radius 2 is 2.08 bits per heavy atom. The number of ether oxygens (including phenoxy) is 2. The number of amides is 1. The predicted octanol–water partition coefficient (Wildman–Crippen LogP) is 1.37. The Balaban J connectivity index is 1.82. The first-order chi connectivity index (χ1) is 11.9. The highest BCUT2D eigenvalue weighted by atomic mass is 32.2. The molecule has 136 valence electrons. The van der Waals surface area contributed by atoms with Crippen molar-refractivity contribution in [2.75, 3.05) is 33.1 Å². The van der Waals surface area contributed by atoms with Gasteiger partial charge in [-0.3, -0.25) is 14.0 Å². The molecule has 1 fully saturated rings. The SMILES string of the molecule is COc1cc2c(cc1OCCOS(C)(=O)=O)N=C[C@H]1CCCN1C2=O. The van der Waals surface area contributed by atoms with Crippen LogP contribution in [-0.4, -0.2) is 64.6 Å². The van der Waals surface area contributed by atoms with Gasteiger partial charge >= 0.3 is 0 Å². The van der Waals surface area contributed by atoms with E-state index < -0.39 is 10.1 Å². The normalized spacial score (nSPS) is 19.4. The summed E-state index contributed by atoms with van der Waals surface area (Å²) in [5.74, 6) is 0.699. The minimum absolute atomic E-state index is 0.0224. The summed E-state index contributed by atoms with van der Waals surface area (Å²) in [4.78, 5) is 19.0. The maximum absolute atomic E-state index is 12.7. The van der Waals surface area contributed by atoms with E-state index in [-0.39, 0.29) is 25.2 Å². The van der Waals surface area contributed by atoms with Crippen LogP contribution in [0, 0.1) is 0 Å². The second-order valence-corrected chi connectivity index (χ2v) is 7.53. The third-order valence-electron chi connectivity index (χ3n) is 4.10. The molecule has 0 aromatic heterocycles. The van der Waals surface area contributed by atoms with Crippen LogP contribution in [0.3, 0.4) is 0 Å². The molecule has 1 saturated heterocycles. The van der Waals surface area contributed by atoms with Crippen molar-refractivity contribution >= 4 is 27.9 Å². The Morgan fingerprint density at radius 1 is 1.28 bits per heavy atom. The quantitative estimate of drug-likeness (QED) is 0.556. The summed E-state index contributed by atoms with van der Waals surface area (Å²) < 4.78 is 37.4. The van der Waals surface area contributed by atoms with E-state index in [0.717, 1.165) is 25.6 Å². The molecule has 0 spiro atoms. The molecule has 0 aliphatic carbocycles. The zero-order chi connectivity index (χ0) is 18.0. The van der Waals surface area contributed by atoms with E-state index in [0.29, 0.717) is 22.7 Å². The third-order valence-corrected chi connectivity index (χ3v) is 4.69. The predicted molar refractivity (Wildman–Crippen MR) is 91.5 cm³/mol. The summed E-state index contributed by atoms with van der Waals surface area (Å²) in [6, 6.07) is 3.27. The van der Waals surface area contributed by atoms with Crippen molar-refractivity contribution in [2.45, 2.75) is 18.9 Å². The fourth-order valence-corrected chi connectivity index (χ4v) is 3.33. The molecule has 0 radical (unpaired) electrons. The molecule has 0 unspecified atom stereocenters. The largest absolute Gasteiger partial charge is 0.493 e. The number of carbonyl (C=O) groups excluding carboxylic acids is 1. The number of methoxy groups -OCH3 is 1. The molecular weight excluding hydrogens is 348 g/mol. The van der Waals surface area contributed by atoms with Gasteiger partial charge in [0.1, 0.15) is 13.2 Å². The summed E-state index contributed by atoms with van der Waals surface area (Å²) in [7, 11) is -2.04. The summed E-state index contributed by atoms with van der Waals surface area (Å²) in [6.45, 7) is 0.629. The lowest BCUT2D eigenvalue weighted by Gasteiger charge is -2.20. The molecular formula is C16H20N2O6S. The van der Waals surface area contributed by atoms with Crippen LogP contribution in [0.25, 0.3) is 0 Å². The average Bonchev–Trinajstić information content (AvgIpc) is 2.99. The Labute approximate surface area is 146 Å². The molecule has 1 aromatic carbocycles. The van der Waals surface area contributed by atoms with Crippen LogP contribution in [0.1, 0.15) is 23.2 Å². The highest BCUT2D eigenvalue weighted by molar-refractivity contribution is 7.85. The third kappa shape index (κ3) is 3.93. The lowest BCUT2D eigenvalue weighted by molar-refractivity contribution is 0.0774. The first-order valence-corrected chi connectivity index (χ1v) is 9.75. The van der Waals surface area contributed by atoms with Crippen molar-refractivity contribution in [1.82, 2.24) is 4.90 Å². The Kier molecular flexibility index (Phi) is 4.96. The summed E-state index contributed by atoms with van der Waals surface area (Å²) in [5.41, 5.74) is 0.983. The first-order valence-electron chi connectivity index (χ1n) is 7.93. The van der Waals surface area contributed by atoms with E-state index in [1.165, 1.54) is 7.11 Å². The summed E-state index contributed by atoms with van der Waals surface area (Å²) >= 11 is 0. The Hall–Kier alpha value is -2.13. The molecule has 3 rings (SSSR count). The van der Waals surface area contributed by atoms with Crippen LogP contribution in [-0.2, 0) is 14.3 Å². The number of hydrogen-bond acceptors (Lipinski definition) is 7. The maximum Gasteiger partial charge on any atom is 0.264 e. The number of benzene rings is 1. The van der Waals surface area contributed by atoms with E-state index in [2.05, 4.69) is 9.18 Å². The number of fused-ring (bicyclic) bond motifs is 2. The molecule has 0 saturated carbocycles. The van der Waals surface area contributed by atoms with Crippen LogP contribution in [0.15, 0.2) is 17.1 Å². The highest BCUT2D eigenvalue weighted by Crippen LogP contribution is 2.37. The molecule has 9 heteroatoms. The average molecular weight is 368 g/mol. The molecule has 2 aliphatic heterocycles. The molecule has 1 amide bonds. The molecule has 0 N–H and O–H groups in total. The van der Waals surface area contributed by atoms with Gasteiger partial charge in [-0.25, -0.2) is 0 Å². The molecule has 2 aliphatic rings. The molecule has 1 atom stereocenters. The van der Waals surface area contributed by atoms with Gasteiger partial charge in [-0.05, 0) is 18.9 Å². The van der Waals surface area contributed by atoms with E-state index in [1.807, 2.05) is 4.90 Å². The second kappa shape index (κ2) is 7.01. The molecule has 1 aromatic rings. The fraction of sp³-hybridized carbons (Fsp3) is 0.500. The second-order valence-electron chi connectivity index (χ2n) is 5.88.